The van der Waals surface area contributed by atoms with Crippen molar-refractivity contribution in [2.75, 3.05) is 5.43 Å². The highest BCUT2D eigenvalue weighted by atomic mass is 35.5. The van der Waals surface area contributed by atoms with Gasteiger partial charge in [0.25, 0.3) is 0 Å². The molecule has 0 atom stereocenters. The molecule has 0 aliphatic rings. The van der Waals surface area contributed by atoms with Crippen LogP contribution in [0.5, 0.6) is 0 Å². The van der Waals surface area contributed by atoms with E-state index in [2.05, 4.69) is 27.8 Å². The van der Waals surface area contributed by atoms with E-state index in [9.17, 15) is 4.79 Å². The Bertz CT molecular complexity index is 457. The lowest BCUT2D eigenvalue weighted by Gasteiger charge is -2.07. The Morgan fingerprint density at radius 3 is 2.80 bits per heavy atom. The van der Waals surface area contributed by atoms with Gasteiger partial charge in [-0.2, -0.15) is 4.99 Å². The maximum absolute atomic E-state index is 10.8. The summed E-state index contributed by atoms with van der Waals surface area (Å²) in [5.74, 6) is 4.05. The van der Waals surface area contributed by atoms with E-state index in [1.54, 1.807) is 0 Å². The summed E-state index contributed by atoms with van der Waals surface area (Å²) in [6.45, 7) is 0. The molecule has 0 aliphatic carbocycles. The SMILES string of the molecule is NNc1ccc(C(=O)O)c(Cl)c1N=C=S. The van der Waals surface area contributed by atoms with E-state index in [4.69, 9.17) is 22.6 Å². The lowest BCUT2D eigenvalue weighted by Crippen LogP contribution is -2.08. The standard InChI is InChI=1S/C8H6ClN3O2S/c9-6-4(8(13)14)1-2-5(12-10)7(6)11-3-15/h1-2,12H,10H2,(H,13,14). The number of isothiocyanates is 1. The Labute approximate surface area is 95.5 Å². The molecule has 0 saturated heterocycles. The fourth-order valence-corrected chi connectivity index (χ4v) is 1.38. The molecule has 0 fully saturated rings. The quantitative estimate of drug-likeness (QED) is 0.327. The third kappa shape index (κ3) is 2.31. The minimum absolute atomic E-state index is 0.0321. The largest absolute Gasteiger partial charge is 0.478 e. The van der Waals surface area contributed by atoms with Crippen LogP contribution < -0.4 is 11.3 Å². The van der Waals surface area contributed by atoms with Gasteiger partial charge in [-0.15, -0.1) is 0 Å². The number of nitrogens with zero attached hydrogens (tertiary/aromatic N) is 1. The molecule has 1 rings (SSSR count). The normalized spacial score (nSPS) is 9.20. The van der Waals surface area contributed by atoms with Crippen molar-refractivity contribution in [2.24, 2.45) is 10.8 Å². The fraction of sp³-hybridized carbons (Fsp3) is 0. The van der Waals surface area contributed by atoms with Crippen LogP contribution in [0, 0.1) is 0 Å². The molecule has 0 aliphatic heterocycles. The first-order chi connectivity index (χ1) is 7.11. The van der Waals surface area contributed by atoms with Crippen LogP contribution in [0.25, 0.3) is 0 Å². The predicted molar refractivity (Wildman–Crippen MR) is 60.9 cm³/mol. The van der Waals surface area contributed by atoms with Crippen molar-refractivity contribution in [1.82, 2.24) is 0 Å². The smallest absolute Gasteiger partial charge is 0.337 e. The number of nitrogens with two attached hydrogens (primary N) is 1. The third-order valence-corrected chi connectivity index (χ3v) is 2.13. The minimum atomic E-state index is -1.15. The molecule has 7 heteroatoms. The predicted octanol–water partition coefficient (Wildman–Crippen LogP) is 2.06. The number of anilines is 1. The molecule has 4 N–H and O–H groups in total. The van der Waals surface area contributed by atoms with Crippen LogP contribution in [-0.4, -0.2) is 16.2 Å². The van der Waals surface area contributed by atoms with Crippen molar-refractivity contribution in [3.8, 4) is 0 Å². The Morgan fingerprint density at radius 2 is 2.33 bits per heavy atom. The molecule has 78 valence electrons. The molecule has 0 spiro atoms. The maximum atomic E-state index is 10.8. The summed E-state index contributed by atoms with van der Waals surface area (Å²) >= 11 is 10.2. The number of aliphatic imine (C=N–C) groups is 1. The average molecular weight is 244 g/mol. The Morgan fingerprint density at radius 1 is 1.67 bits per heavy atom. The summed E-state index contributed by atoms with van der Waals surface area (Å²) in [6, 6.07) is 2.77. The van der Waals surface area contributed by atoms with Crippen molar-refractivity contribution < 1.29 is 9.90 Å². The van der Waals surface area contributed by atoms with Crippen molar-refractivity contribution in [2.45, 2.75) is 0 Å². The molecule has 0 unspecified atom stereocenters. The second kappa shape index (κ2) is 4.86. The highest BCUT2D eigenvalue weighted by Crippen LogP contribution is 2.35. The third-order valence-electron chi connectivity index (χ3n) is 1.66. The summed E-state index contributed by atoms with van der Waals surface area (Å²) in [7, 11) is 0. The van der Waals surface area contributed by atoms with Crippen molar-refractivity contribution in [1.29, 1.82) is 0 Å². The Hall–Kier alpha value is -1.46. The number of halogens is 1. The lowest BCUT2D eigenvalue weighted by molar-refractivity contribution is 0.0697. The topological polar surface area (TPSA) is 87.7 Å². The molecule has 0 radical (unpaired) electrons. The van der Waals surface area contributed by atoms with Crippen LogP contribution in [0.3, 0.4) is 0 Å². The first-order valence-electron chi connectivity index (χ1n) is 3.72. The molecule has 0 saturated carbocycles. The molecule has 0 bridgehead atoms. The number of nitrogen functional groups attached to an aromatic ring is 1. The molecule has 0 aromatic heterocycles. The summed E-state index contributed by atoms with van der Waals surface area (Å²) in [4.78, 5) is 14.4. The van der Waals surface area contributed by atoms with E-state index >= 15 is 0 Å². The number of thiocarbonyl (C=S) groups is 1. The Balaban J connectivity index is 3.48. The van der Waals surface area contributed by atoms with Gasteiger partial charge in [-0.05, 0) is 24.4 Å². The number of hydrogen-bond acceptors (Lipinski definition) is 5. The van der Waals surface area contributed by atoms with E-state index < -0.39 is 5.97 Å². The van der Waals surface area contributed by atoms with Gasteiger partial charge in [-0.3, -0.25) is 5.84 Å². The van der Waals surface area contributed by atoms with E-state index in [1.807, 2.05) is 0 Å². The highest BCUT2D eigenvalue weighted by molar-refractivity contribution is 7.78. The van der Waals surface area contributed by atoms with E-state index in [-0.39, 0.29) is 16.3 Å². The van der Waals surface area contributed by atoms with Gasteiger partial charge in [0, 0.05) is 0 Å². The van der Waals surface area contributed by atoms with Crippen LogP contribution in [0.1, 0.15) is 10.4 Å². The minimum Gasteiger partial charge on any atom is -0.478 e. The van der Waals surface area contributed by atoms with Gasteiger partial charge in [0.15, 0.2) is 0 Å². The van der Waals surface area contributed by atoms with Crippen LogP contribution in [0.15, 0.2) is 17.1 Å². The maximum Gasteiger partial charge on any atom is 0.337 e. The van der Waals surface area contributed by atoms with Crippen molar-refractivity contribution in [3.05, 3.63) is 22.7 Å². The van der Waals surface area contributed by atoms with Crippen LogP contribution in [-0.2, 0) is 0 Å². The number of benzene rings is 1. The lowest BCUT2D eigenvalue weighted by atomic mass is 10.1. The number of carbonyl (C=O) groups is 1. The summed E-state index contributed by atoms with van der Waals surface area (Å²) in [5, 5.41) is 10.9. The van der Waals surface area contributed by atoms with Crippen LogP contribution >= 0.6 is 23.8 Å². The van der Waals surface area contributed by atoms with Gasteiger partial charge in [0.05, 0.1) is 21.4 Å². The summed E-state index contributed by atoms with van der Waals surface area (Å²) < 4.78 is 0. The zero-order chi connectivity index (χ0) is 11.4. The van der Waals surface area contributed by atoms with E-state index in [0.29, 0.717) is 5.69 Å². The molecule has 15 heavy (non-hydrogen) atoms. The van der Waals surface area contributed by atoms with E-state index in [1.165, 1.54) is 12.1 Å². The number of nitrogens with one attached hydrogen (secondary N) is 1. The van der Waals surface area contributed by atoms with Crippen LogP contribution in [0.2, 0.25) is 5.02 Å². The summed E-state index contributed by atoms with van der Waals surface area (Å²) in [6.07, 6.45) is 0. The second-order valence-electron chi connectivity index (χ2n) is 2.48. The van der Waals surface area contributed by atoms with Gasteiger partial charge in [-0.25, -0.2) is 4.79 Å². The number of aromatic carboxylic acids is 1. The number of carboxylic acids is 1. The zero-order valence-corrected chi connectivity index (χ0v) is 8.89. The van der Waals surface area contributed by atoms with Gasteiger partial charge < -0.3 is 10.5 Å². The van der Waals surface area contributed by atoms with Gasteiger partial charge in [0.1, 0.15) is 5.69 Å². The second-order valence-corrected chi connectivity index (χ2v) is 3.04. The van der Waals surface area contributed by atoms with Crippen molar-refractivity contribution >= 4 is 46.3 Å². The highest BCUT2D eigenvalue weighted by Gasteiger charge is 2.15. The molecule has 1 aromatic rings. The Kier molecular flexibility index (Phi) is 3.76. The number of hydrazine groups is 1. The molecular weight excluding hydrogens is 238 g/mol. The monoisotopic (exact) mass is 243 g/mol. The average Bonchev–Trinajstić information content (AvgIpc) is 2.20. The molecule has 1 aromatic carbocycles. The molecule has 5 nitrogen and oxygen atoms in total. The fourth-order valence-electron chi connectivity index (χ4n) is 1.00. The van der Waals surface area contributed by atoms with Crippen LogP contribution in [0.4, 0.5) is 11.4 Å². The number of hydrogen-bond donors (Lipinski definition) is 3. The van der Waals surface area contributed by atoms with Gasteiger partial charge in [0.2, 0.25) is 0 Å². The van der Waals surface area contributed by atoms with Crippen molar-refractivity contribution in [3.63, 3.8) is 0 Å². The van der Waals surface area contributed by atoms with Gasteiger partial charge in [-0.1, -0.05) is 11.6 Å². The first kappa shape index (κ1) is 11.6. The van der Waals surface area contributed by atoms with E-state index in [0.717, 1.165) is 0 Å². The summed E-state index contributed by atoms with van der Waals surface area (Å²) in [5.41, 5.74) is 2.80. The zero-order valence-electron chi connectivity index (χ0n) is 7.32. The van der Waals surface area contributed by atoms with Gasteiger partial charge >= 0.3 is 5.97 Å². The number of rotatable bonds is 3. The molecule has 0 heterocycles. The molecule has 0 amide bonds. The molecular formula is C8H6ClN3O2S. The first-order valence-corrected chi connectivity index (χ1v) is 4.50. The number of carboxylic acid groups (broad SMARTS) is 1.